The third-order valence-electron chi connectivity index (χ3n) is 4.10. The maximum atomic E-state index is 13.4. The molecule has 1 heterocycles. The molecule has 0 aliphatic heterocycles. The average molecular weight is 324 g/mol. The lowest BCUT2D eigenvalue weighted by atomic mass is 10.1. The molecule has 4 rings (SSSR count). The molecule has 0 saturated carbocycles. The van der Waals surface area contributed by atoms with Gasteiger partial charge in [0.2, 0.25) is 0 Å². The summed E-state index contributed by atoms with van der Waals surface area (Å²) in [6.07, 6.45) is 1.72. The van der Waals surface area contributed by atoms with Crippen LogP contribution < -0.4 is 4.90 Å². The van der Waals surface area contributed by atoms with Crippen LogP contribution in [0.25, 0.3) is 10.9 Å². The van der Waals surface area contributed by atoms with E-state index in [4.69, 9.17) is 0 Å². The van der Waals surface area contributed by atoms with Crippen molar-refractivity contribution < 1.29 is 4.79 Å². The first kappa shape index (κ1) is 15.1. The largest absolute Gasteiger partial charge is 0.277 e. The highest BCUT2D eigenvalue weighted by molar-refractivity contribution is 6.16. The Balaban J connectivity index is 1.89. The number of rotatable bonds is 3. The molecule has 0 aliphatic rings. The zero-order chi connectivity index (χ0) is 17.1. The summed E-state index contributed by atoms with van der Waals surface area (Å²) >= 11 is 0. The van der Waals surface area contributed by atoms with Crippen molar-refractivity contribution in [1.29, 1.82) is 0 Å². The molecule has 0 N–H and O–H groups in total. The van der Waals surface area contributed by atoms with Gasteiger partial charge in [-0.25, -0.2) is 0 Å². The first-order chi connectivity index (χ1) is 12.3. The van der Waals surface area contributed by atoms with Crippen molar-refractivity contribution in [1.82, 2.24) is 4.98 Å². The number of amides is 1. The molecular formula is C22H16N2O. The SMILES string of the molecule is O=C(c1cccc2cccnc12)N(c1ccccc1)c1ccccc1. The predicted octanol–water partition coefficient (Wildman–Crippen LogP) is 5.21. The van der Waals surface area contributed by atoms with Crippen molar-refractivity contribution in [3.05, 3.63) is 103 Å². The Morgan fingerprint density at radius 3 is 1.92 bits per heavy atom. The molecule has 1 amide bonds. The van der Waals surface area contributed by atoms with Crippen molar-refractivity contribution in [3.63, 3.8) is 0 Å². The van der Waals surface area contributed by atoms with Crippen LogP contribution in [0.2, 0.25) is 0 Å². The molecule has 4 aromatic rings. The van der Waals surface area contributed by atoms with E-state index in [-0.39, 0.29) is 5.91 Å². The second-order valence-corrected chi connectivity index (χ2v) is 5.69. The molecule has 0 radical (unpaired) electrons. The van der Waals surface area contributed by atoms with Gasteiger partial charge < -0.3 is 0 Å². The van der Waals surface area contributed by atoms with Gasteiger partial charge in [0, 0.05) is 23.0 Å². The Bertz CT molecular complexity index is 969. The molecule has 0 unspecified atom stereocenters. The van der Waals surface area contributed by atoms with E-state index in [0.29, 0.717) is 11.1 Å². The fraction of sp³-hybridized carbons (Fsp3) is 0. The van der Waals surface area contributed by atoms with Gasteiger partial charge in [-0.1, -0.05) is 54.6 Å². The number of anilines is 2. The summed E-state index contributed by atoms with van der Waals surface area (Å²) in [6.45, 7) is 0. The predicted molar refractivity (Wildman–Crippen MR) is 101 cm³/mol. The number of benzene rings is 3. The van der Waals surface area contributed by atoms with Crippen molar-refractivity contribution in [2.75, 3.05) is 4.90 Å². The molecule has 0 atom stereocenters. The highest BCUT2D eigenvalue weighted by atomic mass is 16.2. The fourth-order valence-corrected chi connectivity index (χ4v) is 2.93. The molecule has 0 bridgehead atoms. The van der Waals surface area contributed by atoms with Crippen molar-refractivity contribution in [2.24, 2.45) is 0 Å². The molecule has 120 valence electrons. The van der Waals surface area contributed by atoms with Gasteiger partial charge in [0.15, 0.2) is 0 Å². The summed E-state index contributed by atoms with van der Waals surface area (Å²) in [6, 6.07) is 28.9. The summed E-state index contributed by atoms with van der Waals surface area (Å²) in [5, 5.41) is 0.953. The monoisotopic (exact) mass is 324 g/mol. The van der Waals surface area contributed by atoms with E-state index >= 15 is 0 Å². The molecule has 1 aromatic heterocycles. The number of pyridine rings is 1. The molecule has 0 fully saturated rings. The van der Waals surface area contributed by atoms with E-state index in [2.05, 4.69) is 4.98 Å². The van der Waals surface area contributed by atoms with E-state index in [0.717, 1.165) is 16.8 Å². The molecule has 3 nitrogen and oxygen atoms in total. The third kappa shape index (κ3) is 2.88. The molecule has 25 heavy (non-hydrogen) atoms. The molecule has 0 spiro atoms. The fourth-order valence-electron chi connectivity index (χ4n) is 2.93. The number of carbonyl (C=O) groups is 1. The van der Waals surface area contributed by atoms with Gasteiger partial charge in [0.05, 0.1) is 11.1 Å². The van der Waals surface area contributed by atoms with E-state index in [1.807, 2.05) is 91.0 Å². The second-order valence-electron chi connectivity index (χ2n) is 5.69. The molecule has 3 heteroatoms. The summed E-state index contributed by atoms with van der Waals surface area (Å²) in [7, 11) is 0. The minimum Gasteiger partial charge on any atom is -0.277 e. The topological polar surface area (TPSA) is 33.2 Å². The average Bonchev–Trinajstić information content (AvgIpc) is 2.69. The molecular weight excluding hydrogens is 308 g/mol. The van der Waals surface area contributed by atoms with Gasteiger partial charge >= 0.3 is 0 Å². The second kappa shape index (κ2) is 6.57. The number of hydrogen-bond acceptors (Lipinski definition) is 2. The van der Waals surface area contributed by atoms with Crippen molar-refractivity contribution >= 4 is 28.2 Å². The third-order valence-corrected chi connectivity index (χ3v) is 4.10. The van der Waals surface area contributed by atoms with Crippen LogP contribution in [0.15, 0.2) is 97.2 Å². The zero-order valence-corrected chi connectivity index (χ0v) is 13.5. The van der Waals surface area contributed by atoms with Gasteiger partial charge in [-0.15, -0.1) is 0 Å². The lowest BCUT2D eigenvalue weighted by molar-refractivity contribution is 0.100. The number of nitrogens with zero attached hydrogens (tertiary/aromatic N) is 2. The van der Waals surface area contributed by atoms with Crippen LogP contribution in [0.4, 0.5) is 11.4 Å². The summed E-state index contributed by atoms with van der Waals surface area (Å²) in [4.78, 5) is 19.6. The number of hydrogen-bond donors (Lipinski definition) is 0. The number of aromatic nitrogens is 1. The smallest absolute Gasteiger partial charge is 0.265 e. The number of fused-ring (bicyclic) bond motifs is 1. The van der Waals surface area contributed by atoms with Crippen LogP contribution in [0.3, 0.4) is 0 Å². The summed E-state index contributed by atoms with van der Waals surface area (Å²) in [5.74, 6) is -0.0956. The number of carbonyl (C=O) groups excluding carboxylic acids is 1. The van der Waals surface area contributed by atoms with E-state index in [9.17, 15) is 4.79 Å². The number of para-hydroxylation sites is 3. The van der Waals surface area contributed by atoms with Crippen LogP contribution in [-0.2, 0) is 0 Å². The van der Waals surface area contributed by atoms with Gasteiger partial charge in [-0.3, -0.25) is 14.7 Å². The van der Waals surface area contributed by atoms with Crippen LogP contribution >= 0.6 is 0 Å². The minimum atomic E-state index is -0.0956. The van der Waals surface area contributed by atoms with Crippen LogP contribution in [0.1, 0.15) is 10.4 Å². The van der Waals surface area contributed by atoms with Crippen LogP contribution in [-0.4, -0.2) is 10.9 Å². The maximum Gasteiger partial charge on any atom is 0.265 e. The van der Waals surface area contributed by atoms with E-state index in [1.165, 1.54) is 0 Å². The Morgan fingerprint density at radius 2 is 1.28 bits per heavy atom. The van der Waals surface area contributed by atoms with Gasteiger partial charge in [-0.2, -0.15) is 0 Å². The molecule has 0 aliphatic carbocycles. The molecule has 3 aromatic carbocycles. The highest BCUT2D eigenvalue weighted by Crippen LogP contribution is 2.28. The van der Waals surface area contributed by atoms with Gasteiger partial charge in [-0.05, 0) is 36.4 Å². The Labute approximate surface area is 146 Å². The Hall–Kier alpha value is -3.46. The zero-order valence-electron chi connectivity index (χ0n) is 13.5. The lowest BCUT2D eigenvalue weighted by Crippen LogP contribution is -2.26. The van der Waals surface area contributed by atoms with Crippen molar-refractivity contribution in [3.8, 4) is 0 Å². The van der Waals surface area contributed by atoms with Gasteiger partial charge in [0.25, 0.3) is 5.91 Å². The summed E-state index contributed by atoms with van der Waals surface area (Å²) in [5.41, 5.74) is 2.95. The van der Waals surface area contributed by atoms with Crippen molar-refractivity contribution in [2.45, 2.75) is 0 Å². The molecule has 0 saturated heterocycles. The van der Waals surface area contributed by atoms with Gasteiger partial charge in [0.1, 0.15) is 0 Å². The summed E-state index contributed by atoms with van der Waals surface area (Å²) < 4.78 is 0. The highest BCUT2D eigenvalue weighted by Gasteiger charge is 2.21. The van der Waals surface area contributed by atoms with E-state index < -0.39 is 0 Å². The maximum absolute atomic E-state index is 13.4. The first-order valence-electron chi connectivity index (χ1n) is 8.13. The normalized spacial score (nSPS) is 10.6. The standard InChI is InChI=1S/C22H16N2O/c25-22(20-15-7-9-17-10-8-16-23-21(17)20)24(18-11-3-1-4-12-18)19-13-5-2-6-14-19/h1-16H. The minimum absolute atomic E-state index is 0.0956. The quantitative estimate of drug-likeness (QED) is 0.518. The lowest BCUT2D eigenvalue weighted by Gasteiger charge is -2.23. The Kier molecular flexibility index (Phi) is 3.97. The van der Waals surface area contributed by atoms with Crippen LogP contribution in [0.5, 0.6) is 0 Å². The first-order valence-corrected chi connectivity index (χ1v) is 8.13. The van der Waals surface area contributed by atoms with E-state index in [1.54, 1.807) is 11.1 Å². The Morgan fingerprint density at radius 1 is 0.680 bits per heavy atom. The van der Waals surface area contributed by atoms with Crippen LogP contribution in [0, 0.1) is 0 Å².